The number of nitrogens with zero attached hydrogens (tertiary/aromatic N) is 1. The summed E-state index contributed by atoms with van der Waals surface area (Å²) in [4.78, 5) is 25.7. The van der Waals surface area contributed by atoms with Gasteiger partial charge in [0, 0.05) is 25.3 Å². The molecule has 0 aromatic heterocycles. The fourth-order valence-electron chi connectivity index (χ4n) is 2.85. The zero-order chi connectivity index (χ0) is 24.7. The quantitative estimate of drug-likeness (QED) is 0.483. The number of carbonyl (C=O) groups excluding carboxylic acids is 2. The second kappa shape index (κ2) is 10.7. The highest BCUT2D eigenvalue weighted by molar-refractivity contribution is 7.92. The number of hydrogen-bond donors (Lipinski definition) is 2. The van der Waals surface area contributed by atoms with E-state index in [1.165, 1.54) is 36.3 Å². The van der Waals surface area contributed by atoms with Crippen LogP contribution < -0.4 is 19.5 Å². The van der Waals surface area contributed by atoms with E-state index in [9.17, 15) is 18.0 Å². The van der Waals surface area contributed by atoms with Gasteiger partial charge in [-0.05, 0) is 54.6 Å². The molecule has 0 fully saturated rings. The van der Waals surface area contributed by atoms with E-state index in [1.807, 2.05) is 0 Å². The average Bonchev–Trinajstić information content (AvgIpc) is 2.83. The second-order valence-electron chi connectivity index (χ2n) is 7.39. The van der Waals surface area contributed by atoms with Crippen LogP contribution in [0.15, 0.2) is 77.7 Å². The maximum atomic E-state index is 12.9. The third kappa shape index (κ3) is 6.26. The Hall–Kier alpha value is -4.05. The lowest BCUT2D eigenvalue weighted by atomic mass is 10.2. The molecule has 0 unspecified atom stereocenters. The highest BCUT2D eigenvalue weighted by Gasteiger charge is 2.18. The van der Waals surface area contributed by atoms with Crippen molar-refractivity contribution >= 4 is 33.2 Å². The molecule has 10 heteroatoms. The second-order valence-corrected chi connectivity index (χ2v) is 9.07. The van der Waals surface area contributed by atoms with Crippen molar-refractivity contribution in [3.05, 3.63) is 78.4 Å². The number of para-hydroxylation sites is 2. The van der Waals surface area contributed by atoms with E-state index < -0.39 is 15.9 Å². The van der Waals surface area contributed by atoms with E-state index >= 15 is 0 Å². The number of carbonyl (C=O) groups is 2. The number of rotatable bonds is 9. The van der Waals surface area contributed by atoms with E-state index in [2.05, 4.69) is 10.0 Å². The first-order valence-electron chi connectivity index (χ1n) is 10.2. The van der Waals surface area contributed by atoms with Crippen molar-refractivity contribution in [3.63, 3.8) is 0 Å². The highest BCUT2D eigenvalue weighted by atomic mass is 32.2. The molecule has 0 aliphatic carbocycles. The molecule has 3 aromatic rings. The van der Waals surface area contributed by atoms with Crippen molar-refractivity contribution in [1.82, 2.24) is 4.90 Å². The molecule has 2 N–H and O–H groups in total. The number of anilines is 2. The summed E-state index contributed by atoms with van der Waals surface area (Å²) in [5.41, 5.74) is 0.936. The van der Waals surface area contributed by atoms with Crippen LogP contribution in [0.2, 0.25) is 0 Å². The van der Waals surface area contributed by atoms with Crippen molar-refractivity contribution in [2.75, 3.05) is 37.9 Å². The molecular weight excluding hydrogens is 458 g/mol. The number of likely N-dealkylation sites (N-methyl/N-ethyl adjacent to an activating group) is 1. The van der Waals surface area contributed by atoms with Crippen LogP contribution in [0.25, 0.3) is 0 Å². The minimum atomic E-state index is -3.96. The van der Waals surface area contributed by atoms with E-state index in [4.69, 9.17) is 9.47 Å². The molecule has 0 heterocycles. The van der Waals surface area contributed by atoms with Gasteiger partial charge in [0.05, 0.1) is 17.7 Å². The number of amides is 2. The first-order valence-corrected chi connectivity index (χ1v) is 11.7. The molecule has 2 amide bonds. The third-order valence-electron chi connectivity index (χ3n) is 4.73. The standard InChI is InChI=1S/C24H25N3O6S/c1-27(2)23(28)16-33-19-13-11-18(12-14-19)25-24(29)17-7-6-8-20(15-17)34(30,31)26-21-9-4-5-10-22(21)32-3/h4-15,26H,16H2,1-3H3,(H,25,29). The Kier molecular flexibility index (Phi) is 7.75. The van der Waals surface area contributed by atoms with E-state index in [1.54, 1.807) is 62.6 Å². The molecule has 3 rings (SSSR count). The van der Waals surface area contributed by atoms with Gasteiger partial charge in [0.1, 0.15) is 11.5 Å². The van der Waals surface area contributed by atoms with Crippen molar-refractivity contribution < 1.29 is 27.5 Å². The third-order valence-corrected chi connectivity index (χ3v) is 6.09. The summed E-state index contributed by atoms with van der Waals surface area (Å²) in [7, 11) is 0.763. The van der Waals surface area contributed by atoms with E-state index in [0.717, 1.165) is 0 Å². The Bertz CT molecular complexity index is 1270. The summed E-state index contributed by atoms with van der Waals surface area (Å²) in [6.07, 6.45) is 0. The normalized spacial score (nSPS) is 10.8. The van der Waals surface area contributed by atoms with Crippen LogP contribution in [-0.2, 0) is 14.8 Å². The van der Waals surface area contributed by atoms with Gasteiger partial charge in [0.15, 0.2) is 6.61 Å². The molecule has 0 saturated heterocycles. The molecule has 0 radical (unpaired) electrons. The number of hydrogen-bond acceptors (Lipinski definition) is 6. The van der Waals surface area contributed by atoms with Crippen molar-refractivity contribution in [2.45, 2.75) is 4.90 Å². The number of methoxy groups -OCH3 is 1. The predicted molar refractivity (Wildman–Crippen MR) is 129 cm³/mol. The van der Waals surface area contributed by atoms with Gasteiger partial charge in [-0.3, -0.25) is 14.3 Å². The Labute approximate surface area is 198 Å². The van der Waals surface area contributed by atoms with Crippen molar-refractivity contribution in [2.24, 2.45) is 0 Å². The lowest BCUT2D eigenvalue weighted by Crippen LogP contribution is -2.27. The molecule has 0 aliphatic heterocycles. The van der Waals surface area contributed by atoms with Gasteiger partial charge >= 0.3 is 0 Å². The average molecular weight is 484 g/mol. The van der Waals surface area contributed by atoms with Crippen LogP contribution in [0.4, 0.5) is 11.4 Å². The van der Waals surface area contributed by atoms with Crippen LogP contribution in [0.5, 0.6) is 11.5 Å². The molecule has 0 aliphatic rings. The first kappa shape index (κ1) is 24.6. The lowest BCUT2D eigenvalue weighted by Gasteiger charge is -2.13. The number of benzene rings is 3. The summed E-state index contributed by atoms with van der Waals surface area (Å²) in [5, 5.41) is 2.71. The van der Waals surface area contributed by atoms with Gasteiger partial charge in [-0.15, -0.1) is 0 Å². The minimum absolute atomic E-state index is 0.0691. The van der Waals surface area contributed by atoms with Gasteiger partial charge in [0.25, 0.3) is 21.8 Å². The van der Waals surface area contributed by atoms with Crippen LogP contribution in [0, 0.1) is 0 Å². The first-order chi connectivity index (χ1) is 16.2. The fourth-order valence-corrected chi connectivity index (χ4v) is 3.96. The summed E-state index contributed by atoms with van der Waals surface area (Å²) in [6, 6.07) is 18.8. The molecule has 3 aromatic carbocycles. The van der Waals surface area contributed by atoms with Gasteiger partial charge < -0.3 is 19.7 Å². The number of nitrogens with one attached hydrogen (secondary N) is 2. The molecule has 0 spiro atoms. The van der Waals surface area contributed by atoms with E-state index in [0.29, 0.717) is 17.2 Å². The lowest BCUT2D eigenvalue weighted by molar-refractivity contribution is -0.130. The molecule has 0 saturated carbocycles. The zero-order valence-electron chi connectivity index (χ0n) is 18.9. The summed E-state index contributed by atoms with van der Waals surface area (Å²) < 4.78 is 38.8. The SMILES string of the molecule is COc1ccccc1NS(=O)(=O)c1cccc(C(=O)Nc2ccc(OCC(=O)N(C)C)cc2)c1. The van der Waals surface area contributed by atoms with Crippen LogP contribution in [0.1, 0.15) is 10.4 Å². The Morgan fingerprint density at radius 2 is 1.65 bits per heavy atom. The highest BCUT2D eigenvalue weighted by Crippen LogP contribution is 2.26. The molecular formula is C24H25N3O6S. The van der Waals surface area contributed by atoms with Crippen LogP contribution >= 0.6 is 0 Å². The molecule has 178 valence electrons. The summed E-state index contributed by atoms with van der Waals surface area (Å²) in [5.74, 6) is 0.195. The Morgan fingerprint density at radius 1 is 0.941 bits per heavy atom. The van der Waals surface area contributed by atoms with Crippen LogP contribution in [-0.4, -0.2) is 52.9 Å². The van der Waals surface area contributed by atoms with Gasteiger partial charge in [-0.25, -0.2) is 8.42 Å². The fraction of sp³-hybridized carbons (Fsp3) is 0.167. The molecule has 0 atom stereocenters. The Morgan fingerprint density at radius 3 is 2.32 bits per heavy atom. The van der Waals surface area contributed by atoms with Crippen LogP contribution in [0.3, 0.4) is 0 Å². The van der Waals surface area contributed by atoms with Crippen molar-refractivity contribution in [1.29, 1.82) is 0 Å². The van der Waals surface area contributed by atoms with Crippen molar-refractivity contribution in [3.8, 4) is 11.5 Å². The topological polar surface area (TPSA) is 114 Å². The number of ether oxygens (including phenoxy) is 2. The molecule has 34 heavy (non-hydrogen) atoms. The van der Waals surface area contributed by atoms with Gasteiger partial charge in [-0.1, -0.05) is 18.2 Å². The molecule has 0 bridgehead atoms. The van der Waals surface area contributed by atoms with E-state index in [-0.39, 0.29) is 28.7 Å². The van der Waals surface area contributed by atoms with Gasteiger partial charge in [0.2, 0.25) is 0 Å². The Balaban J connectivity index is 1.69. The molecule has 9 nitrogen and oxygen atoms in total. The maximum absolute atomic E-state index is 12.9. The minimum Gasteiger partial charge on any atom is -0.495 e. The predicted octanol–water partition coefficient (Wildman–Crippen LogP) is 3.22. The summed E-state index contributed by atoms with van der Waals surface area (Å²) in [6.45, 7) is -0.0944. The zero-order valence-corrected chi connectivity index (χ0v) is 19.8. The van der Waals surface area contributed by atoms with Gasteiger partial charge in [-0.2, -0.15) is 0 Å². The smallest absolute Gasteiger partial charge is 0.262 e. The monoisotopic (exact) mass is 483 g/mol. The largest absolute Gasteiger partial charge is 0.495 e. The number of sulfonamides is 1. The summed E-state index contributed by atoms with van der Waals surface area (Å²) >= 11 is 0. The maximum Gasteiger partial charge on any atom is 0.262 e.